The number of carbonyl (C=O) groups is 1. The van der Waals surface area contributed by atoms with Crippen molar-refractivity contribution in [3.05, 3.63) is 46.5 Å². The van der Waals surface area contributed by atoms with Gasteiger partial charge < -0.3 is 4.74 Å². The first-order valence-electron chi connectivity index (χ1n) is 7.95. The number of fused-ring (bicyclic) bond motifs is 1. The second kappa shape index (κ2) is 8.27. The monoisotopic (exact) mass is 327 g/mol. The lowest BCUT2D eigenvalue weighted by molar-refractivity contribution is 0.0435. The van der Waals surface area contributed by atoms with E-state index < -0.39 is 17.6 Å². The fourth-order valence-corrected chi connectivity index (χ4v) is 2.17. The molecule has 0 N–H and O–H groups in total. The van der Waals surface area contributed by atoms with Crippen molar-refractivity contribution in [1.82, 2.24) is 14.3 Å². The summed E-state index contributed by atoms with van der Waals surface area (Å²) in [6, 6.07) is 5.16. The zero-order valence-corrected chi connectivity index (χ0v) is 14.2. The third kappa shape index (κ3) is 4.21. The Morgan fingerprint density at radius 3 is 2.83 bits per heavy atom. The number of hydrogen-bond acceptors (Lipinski definition) is 5. The van der Waals surface area contributed by atoms with Crippen LogP contribution in [0.5, 0.6) is 0 Å². The highest BCUT2D eigenvalue weighted by molar-refractivity contribution is 5.89. The molecule has 24 heavy (non-hydrogen) atoms. The van der Waals surface area contributed by atoms with E-state index in [1.807, 2.05) is 0 Å². The van der Waals surface area contributed by atoms with Gasteiger partial charge in [0.1, 0.15) is 11.2 Å². The number of hydrogen-bond donors (Lipinski definition) is 0. The van der Waals surface area contributed by atoms with Crippen molar-refractivity contribution >= 4 is 11.6 Å². The summed E-state index contributed by atoms with van der Waals surface area (Å²) in [6.07, 6.45) is 2.22. The molecule has 2 aromatic heterocycles. The van der Waals surface area contributed by atoms with Gasteiger partial charge in [-0.25, -0.2) is 9.78 Å². The van der Waals surface area contributed by atoms with E-state index in [0.717, 1.165) is 13.1 Å². The standard InChI is InChI=1S/C18H21N3O3/c1-4-20(5-2)11-8-9-14(3)24-18(23)15-13-19-16-10-6-7-12-21(16)17(15)22/h6-7,10,12-14H,4-5,11H2,1-3H3. The number of aromatic nitrogens is 2. The number of esters is 1. The predicted molar refractivity (Wildman–Crippen MR) is 91.9 cm³/mol. The van der Waals surface area contributed by atoms with Crippen LogP contribution in [0.15, 0.2) is 35.4 Å². The zero-order chi connectivity index (χ0) is 17.5. The van der Waals surface area contributed by atoms with Gasteiger partial charge in [0.25, 0.3) is 5.56 Å². The van der Waals surface area contributed by atoms with Crippen molar-refractivity contribution < 1.29 is 9.53 Å². The second-order valence-corrected chi connectivity index (χ2v) is 5.24. The molecule has 6 heteroatoms. The highest BCUT2D eigenvalue weighted by Crippen LogP contribution is 2.01. The molecule has 0 amide bonds. The molecule has 6 nitrogen and oxygen atoms in total. The molecule has 0 bridgehead atoms. The zero-order valence-electron chi connectivity index (χ0n) is 14.2. The van der Waals surface area contributed by atoms with Gasteiger partial charge in [0.15, 0.2) is 6.10 Å². The summed E-state index contributed by atoms with van der Waals surface area (Å²) in [5, 5.41) is 0. The molecular weight excluding hydrogens is 306 g/mol. The fourth-order valence-electron chi connectivity index (χ4n) is 2.17. The van der Waals surface area contributed by atoms with Crippen LogP contribution in [0.1, 0.15) is 31.1 Å². The van der Waals surface area contributed by atoms with E-state index in [1.54, 1.807) is 31.3 Å². The molecule has 2 aromatic rings. The Bertz CT molecular complexity index is 828. The molecule has 0 saturated carbocycles. The Balaban J connectivity index is 2.09. The largest absolute Gasteiger partial charge is 0.446 e. The SMILES string of the molecule is CCN(CC)CC#CC(C)OC(=O)c1cnc2ccccn2c1=O. The smallest absolute Gasteiger partial charge is 0.346 e. The molecule has 126 valence electrons. The predicted octanol–water partition coefficient (Wildman–Crippen LogP) is 1.58. The van der Waals surface area contributed by atoms with E-state index >= 15 is 0 Å². The summed E-state index contributed by atoms with van der Waals surface area (Å²) in [6.45, 7) is 8.26. The molecule has 1 atom stereocenters. The average molecular weight is 327 g/mol. The van der Waals surface area contributed by atoms with Gasteiger partial charge in [-0.15, -0.1) is 0 Å². The van der Waals surface area contributed by atoms with E-state index in [1.165, 1.54) is 10.6 Å². The van der Waals surface area contributed by atoms with Crippen molar-refractivity contribution in [3.63, 3.8) is 0 Å². The molecule has 0 saturated heterocycles. The van der Waals surface area contributed by atoms with Crippen LogP contribution in [0.25, 0.3) is 5.65 Å². The molecule has 0 spiro atoms. The summed E-state index contributed by atoms with van der Waals surface area (Å²) in [5.74, 6) is 5.15. The van der Waals surface area contributed by atoms with Crippen LogP contribution < -0.4 is 5.56 Å². The van der Waals surface area contributed by atoms with Gasteiger partial charge in [0.2, 0.25) is 0 Å². The van der Waals surface area contributed by atoms with E-state index in [9.17, 15) is 9.59 Å². The Labute approximate surface area is 141 Å². The van der Waals surface area contributed by atoms with Gasteiger partial charge in [0, 0.05) is 12.4 Å². The van der Waals surface area contributed by atoms with Crippen LogP contribution in [0.3, 0.4) is 0 Å². The normalized spacial score (nSPS) is 11.8. The van der Waals surface area contributed by atoms with Gasteiger partial charge in [0.05, 0.1) is 6.54 Å². The fraction of sp³-hybridized carbons (Fsp3) is 0.389. The van der Waals surface area contributed by atoms with Gasteiger partial charge in [-0.3, -0.25) is 14.1 Å². The average Bonchev–Trinajstić information content (AvgIpc) is 2.59. The van der Waals surface area contributed by atoms with Crippen molar-refractivity contribution in [3.8, 4) is 11.8 Å². The Morgan fingerprint density at radius 2 is 2.12 bits per heavy atom. The van der Waals surface area contributed by atoms with E-state index in [4.69, 9.17) is 4.74 Å². The molecule has 0 fully saturated rings. The maximum Gasteiger partial charge on any atom is 0.346 e. The third-order valence-electron chi connectivity index (χ3n) is 3.62. The summed E-state index contributed by atoms with van der Waals surface area (Å²) in [4.78, 5) is 30.7. The lowest BCUT2D eigenvalue weighted by Gasteiger charge is -2.13. The van der Waals surface area contributed by atoms with Gasteiger partial charge in [-0.2, -0.15) is 0 Å². The molecule has 0 radical (unpaired) electrons. The van der Waals surface area contributed by atoms with Gasteiger partial charge in [-0.1, -0.05) is 31.8 Å². The highest BCUT2D eigenvalue weighted by Gasteiger charge is 2.16. The summed E-state index contributed by atoms with van der Waals surface area (Å²) < 4.78 is 6.54. The van der Waals surface area contributed by atoms with E-state index in [-0.39, 0.29) is 5.56 Å². The van der Waals surface area contributed by atoms with Crippen molar-refractivity contribution in [2.24, 2.45) is 0 Å². The van der Waals surface area contributed by atoms with Crippen molar-refractivity contribution in [2.45, 2.75) is 26.9 Å². The minimum atomic E-state index is -0.713. The second-order valence-electron chi connectivity index (χ2n) is 5.24. The van der Waals surface area contributed by atoms with Crippen LogP contribution in [0.2, 0.25) is 0 Å². The van der Waals surface area contributed by atoms with Crippen LogP contribution in [-0.4, -0.2) is 46.0 Å². The third-order valence-corrected chi connectivity index (χ3v) is 3.62. The maximum absolute atomic E-state index is 12.3. The molecule has 0 aliphatic carbocycles. The van der Waals surface area contributed by atoms with Crippen LogP contribution in [0.4, 0.5) is 0 Å². The lowest BCUT2D eigenvalue weighted by Crippen LogP contribution is -2.26. The minimum absolute atomic E-state index is 0.101. The van der Waals surface area contributed by atoms with Crippen LogP contribution >= 0.6 is 0 Å². The molecule has 0 aromatic carbocycles. The van der Waals surface area contributed by atoms with Gasteiger partial charge >= 0.3 is 5.97 Å². The highest BCUT2D eigenvalue weighted by atomic mass is 16.5. The number of rotatable bonds is 5. The van der Waals surface area contributed by atoms with Gasteiger partial charge in [-0.05, 0) is 32.1 Å². The Hall–Kier alpha value is -2.65. The maximum atomic E-state index is 12.3. The molecule has 1 unspecified atom stereocenters. The summed E-state index contributed by atoms with van der Waals surface area (Å²) >= 11 is 0. The number of carbonyl (C=O) groups excluding carboxylic acids is 1. The topological polar surface area (TPSA) is 63.9 Å². The first-order valence-corrected chi connectivity index (χ1v) is 7.95. The number of nitrogens with zero attached hydrogens (tertiary/aromatic N) is 3. The van der Waals surface area contributed by atoms with E-state index in [2.05, 4.69) is 35.6 Å². The molecule has 0 aliphatic heterocycles. The molecular formula is C18H21N3O3. The van der Waals surface area contributed by atoms with Crippen molar-refractivity contribution in [2.75, 3.05) is 19.6 Å². The number of ether oxygens (including phenoxy) is 1. The molecule has 0 aliphatic rings. The molecule has 2 heterocycles. The van der Waals surface area contributed by atoms with Crippen LogP contribution in [0, 0.1) is 11.8 Å². The first-order chi connectivity index (χ1) is 11.6. The number of pyridine rings is 1. The summed E-state index contributed by atoms with van der Waals surface area (Å²) in [7, 11) is 0. The lowest BCUT2D eigenvalue weighted by atomic mass is 10.3. The van der Waals surface area contributed by atoms with E-state index in [0.29, 0.717) is 12.2 Å². The Kier molecular flexibility index (Phi) is 6.10. The quantitative estimate of drug-likeness (QED) is 0.616. The first kappa shape index (κ1) is 17.7. The summed E-state index contributed by atoms with van der Waals surface area (Å²) in [5.41, 5.74) is -0.0731. The minimum Gasteiger partial charge on any atom is -0.446 e. The molecule has 2 rings (SSSR count). The van der Waals surface area contributed by atoms with Crippen LogP contribution in [-0.2, 0) is 4.74 Å². The Morgan fingerprint density at radius 1 is 1.38 bits per heavy atom. The van der Waals surface area contributed by atoms with Crippen molar-refractivity contribution in [1.29, 1.82) is 0 Å².